The molecule has 0 saturated heterocycles. The molecule has 1 amide bonds. The molecular weight excluding hydrogens is 258 g/mol. The number of nitrogens with one attached hydrogen (secondary N) is 1. The maximum Gasteiger partial charge on any atom is 0.326 e. The second kappa shape index (κ2) is 6.07. The van der Waals surface area contributed by atoms with Crippen LogP contribution in [-0.4, -0.2) is 32.8 Å². The van der Waals surface area contributed by atoms with Crippen LogP contribution in [-0.2, 0) is 17.3 Å². The lowest BCUT2D eigenvalue weighted by atomic mass is 9.92. The van der Waals surface area contributed by atoms with E-state index >= 15 is 0 Å². The van der Waals surface area contributed by atoms with Gasteiger partial charge in [0.15, 0.2) is 0 Å². The third-order valence-corrected chi connectivity index (χ3v) is 3.06. The third-order valence-electron chi connectivity index (χ3n) is 3.06. The summed E-state index contributed by atoms with van der Waals surface area (Å²) in [6, 6.07) is 0.848. The molecule has 20 heavy (non-hydrogen) atoms. The lowest BCUT2D eigenvalue weighted by Gasteiger charge is -2.14. The van der Waals surface area contributed by atoms with Gasteiger partial charge in [-0.25, -0.2) is 4.79 Å². The van der Waals surface area contributed by atoms with E-state index in [0.29, 0.717) is 18.5 Å². The van der Waals surface area contributed by atoms with Crippen molar-refractivity contribution in [2.45, 2.75) is 52.0 Å². The lowest BCUT2D eigenvalue weighted by molar-refractivity contribution is -0.139. The number of aromatic nitrogens is 2. The summed E-state index contributed by atoms with van der Waals surface area (Å²) in [6.07, 6.45) is 1.10. The Hall–Kier alpha value is -1.85. The van der Waals surface area contributed by atoms with Gasteiger partial charge in [0.05, 0.1) is 5.69 Å². The normalized spacial score (nSPS) is 13.1. The van der Waals surface area contributed by atoms with Crippen LogP contribution in [0.5, 0.6) is 0 Å². The fraction of sp³-hybridized carbons (Fsp3) is 0.643. The molecule has 0 aliphatic heterocycles. The fourth-order valence-electron chi connectivity index (χ4n) is 1.82. The third kappa shape index (κ3) is 3.82. The van der Waals surface area contributed by atoms with Crippen molar-refractivity contribution < 1.29 is 14.7 Å². The zero-order valence-corrected chi connectivity index (χ0v) is 12.7. The van der Waals surface area contributed by atoms with Crippen molar-refractivity contribution >= 4 is 11.9 Å². The van der Waals surface area contributed by atoms with Crippen LogP contribution in [0.15, 0.2) is 6.07 Å². The maximum absolute atomic E-state index is 12.2. The van der Waals surface area contributed by atoms with E-state index < -0.39 is 17.9 Å². The van der Waals surface area contributed by atoms with Crippen molar-refractivity contribution in [1.82, 2.24) is 15.1 Å². The van der Waals surface area contributed by atoms with Gasteiger partial charge >= 0.3 is 5.97 Å². The average molecular weight is 281 g/mol. The Morgan fingerprint density at radius 3 is 2.45 bits per heavy atom. The van der Waals surface area contributed by atoms with Crippen molar-refractivity contribution in [2.24, 2.45) is 7.05 Å². The number of carboxylic acid groups (broad SMARTS) is 1. The van der Waals surface area contributed by atoms with Gasteiger partial charge in [-0.05, 0) is 12.5 Å². The monoisotopic (exact) mass is 281 g/mol. The summed E-state index contributed by atoms with van der Waals surface area (Å²) in [4.78, 5) is 23.2. The number of carboxylic acids is 1. The van der Waals surface area contributed by atoms with E-state index in [0.717, 1.165) is 5.69 Å². The highest BCUT2D eigenvalue weighted by molar-refractivity contribution is 5.95. The van der Waals surface area contributed by atoms with E-state index in [4.69, 9.17) is 5.11 Å². The summed E-state index contributed by atoms with van der Waals surface area (Å²) in [5.41, 5.74) is 1.01. The molecule has 1 aromatic heterocycles. The van der Waals surface area contributed by atoms with Gasteiger partial charge in [0.25, 0.3) is 5.91 Å². The highest BCUT2D eigenvalue weighted by atomic mass is 16.4. The van der Waals surface area contributed by atoms with Crippen molar-refractivity contribution in [3.05, 3.63) is 17.5 Å². The van der Waals surface area contributed by atoms with Gasteiger partial charge in [0.1, 0.15) is 11.7 Å². The number of amides is 1. The van der Waals surface area contributed by atoms with Gasteiger partial charge in [-0.2, -0.15) is 5.10 Å². The molecule has 112 valence electrons. The summed E-state index contributed by atoms with van der Waals surface area (Å²) in [7, 11) is 1.68. The molecule has 1 unspecified atom stereocenters. The Labute approximate surface area is 119 Å². The van der Waals surface area contributed by atoms with Crippen LogP contribution >= 0.6 is 0 Å². The molecule has 1 rings (SSSR count). The van der Waals surface area contributed by atoms with Gasteiger partial charge < -0.3 is 10.4 Å². The number of rotatable bonds is 5. The zero-order chi connectivity index (χ0) is 15.5. The van der Waals surface area contributed by atoms with Gasteiger partial charge in [-0.3, -0.25) is 9.48 Å². The highest BCUT2D eigenvalue weighted by Crippen LogP contribution is 2.21. The predicted molar refractivity (Wildman–Crippen MR) is 75.7 cm³/mol. The molecule has 0 radical (unpaired) electrons. The summed E-state index contributed by atoms with van der Waals surface area (Å²) in [5, 5.41) is 15.9. The average Bonchev–Trinajstić information content (AvgIpc) is 2.70. The van der Waals surface area contributed by atoms with Crippen LogP contribution in [0.4, 0.5) is 0 Å². The summed E-state index contributed by atoms with van der Waals surface area (Å²) in [6.45, 7) is 7.90. The minimum Gasteiger partial charge on any atom is -0.480 e. The molecule has 1 aromatic rings. The number of carbonyl (C=O) groups excluding carboxylic acids is 1. The van der Waals surface area contributed by atoms with Gasteiger partial charge in [0, 0.05) is 12.5 Å². The number of carbonyl (C=O) groups is 2. The highest BCUT2D eigenvalue weighted by Gasteiger charge is 2.24. The smallest absolute Gasteiger partial charge is 0.326 e. The SMILES string of the molecule is CCCC(NC(=O)c1cc(C(C)(C)C)nn1C)C(=O)O. The van der Waals surface area contributed by atoms with Crippen molar-refractivity contribution in [1.29, 1.82) is 0 Å². The molecule has 0 saturated carbocycles. The number of nitrogens with zero attached hydrogens (tertiary/aromatic N) is 2. The largest absolute Gasteiger partial charge is 0.480 e. The zero-order valence-electron chi connectivity index (χ0n) is 12.7. The topological polar surface area (TPSA) is 84.2 Å². The minimum atomic E-state index is -1.02. The fourth-order valence-corrected chi connectivity index (χ4v) is 1.82. The predicted octanol–water partition coefficient (Wildman–Crippen LogP) is 1.70. The summed E-state index contributed by atoms with van der Waals surface area (Å²) in [5.74, 6) is -1.42. The van der Waals surface area contributed by atoms with E-state index in [9.17, 15) is 9.59 Å². The first kappa shape index (κ1) is 16.2. The Bertz CT molecular complexity index is 500. The molecular formula is C14H23N3O3. The number of hydrogen-bond acceptors (Lipinski definition) is 3. The van der Waals surface area contributed by atoms with E-state index in [-0.39, 0.29) is 5.41 Å². The molecule has 0 bridgehead atoms. The number of aryl methyl sites for hydroxylation is 1. The van der Waals surface area contributed by atoms with Gasteiger partial charge in [-0.1, -0.05) is 34.1 Å². The first-order valence-corrected chi connectivity index (χ1v) is 6.75. The summed E-state index contributed by atoms with van der Waals surface area (Å²) >= 11 is 0. The molecule has 1 atom stereocenters. The first-order chi connectivity index (χ1) is 9.16. The molecule has 1 heterocycles. The summed E-state index contributed by atoms with van der Waals surface area (Å²) < 4.78 is 1.49. The van der Waals surface area contributed by atoms with E-state index in [1.165, 1.54) is 4.68 Å². The molecule has 0 spiro atoms. The Balaban J connectivity index is 2.92. The van der Waals surface area contributed by atoms with E-state index in [1.807, 2.05) is 27.7 Å². The second-order valence-corrected chi connectivity index (χ2v) is 5.94. The van der Waals surface area contributed by atoms with Crippen molar-refractivity contribution in [2.75, 3.05) is 0 Å². The maximum atomic E-state index is 12.2. The van der Waals surface area contributed by atoms with Crippen molar-refractivity contribution in [3.8, 4) is 0 Å². The standard InChI is InChI=1S/C14H23N3O3/c1-6-7-9(13(19)20)15-12(18)10-8-11(14(2,3)4)16-17(10)5/h8-9H,6-7H2,1-5H3,(H,15,18)(H,19,20). The Kier molecular flexibility index (Phi) is 4.92. The van der Waals surface area contributed by atoms with E-state index in [1.54, 1.807) is 13.1 Å². The van der Waals surface area contributed by atoms with Crippen LogP contribution in [0.1, 0.15) is 56.7 Å². The lowest BCUT2D eigenvalue weighted by Crippen LogP contribution is -2.41. The molecule has 6 nitrogen and oxygen atoms in total. The Morgan fingerprint density at radius 1 is 1.45 bits per heavy atom. The molecule has 0 aromatic carbocycles. The molecule has 0 fully saturated rings. The van der Waals surface area contributed by atoms with Crippen LogP contribution in [0.2, 0.25) is 0 Å². The van der Waals surface area contributed by atoms with Crippen LogP contribution in [0.3, 0.4) is 0 Å². The van der Waals surface area contributed by atoms with Gasteiger partial charge in [0.2, 0.25) is 0 Å². The molecule has 0 aliphatic rings. The quantitative estimate of drug-likeness (QED) is 0.860. The molecule has 0 aliphatic carbocycles. The van der Waals surface area contributed by atoms with Gasteiger partial charge in [-0.15, -0.1) is 0 Å². The first-order valence-electron chi connectivity index (χ1n) is 6.75. The van der Waals surface area contributed by atoms with Crippen molar-refractivity contribution in [3.63, 3.8) is 0 Å². The molecule has 6 heteroatoms. The van der Waals surface area contributed by atoms with E-state index in [2.05, 4.69) is 10.4 Å². The number of hydrogen-bond donors (Lipinski definition) is 2. The second-order valence-electron chi connectivity index (χ2n) is 5.94. The molecule has 2 N–H and O–H groups in total. The number of aliphatic carboxylic acids is 1. The minimum absolute atomic E-state index is 0.161. The Morgan fingerprint density at radius 2 is 2.05 bits per heavy atom. The van der Waals surface area contributed by atoms with Crippen LogP contribution < -0.4 is 5.32 Å². The van der Waals surface area contributed by atoms with Crippen LogP contribution in [0, 0.1) is 0 Å². The van der Waals surface area contributed by atoms with Crippen LogP contribution in [0.25, 0.3) is 0 Å².